The van der Waals surface area contributed by atoms with Crippen molar-refractivity contribution in [3.05, 3.63) is 42.1 Å². The highest BCUT2D eigenvalue weighted by Crippen LogP contribution is 2.31. The summed E-state index contributed by atoms with van der Waals surface area (Å²) < 4.78 is 2.04. The maximum absolute atomic E-state index is 12.8. The van der Waals surface area contributed by atoms with Crippen LogP contribution in [0.1, 0.15) is 50.2 Å². The molecule has 0 aliphatic carbocycles. The maximum atomic E-state index is 12.8. The SMILES string of the molecule is CCc1nccn1-c1cccc(C2CCCN2C(=O)CN2CCCC2)n1. The second kappa shape index (κ2) is 7.58. The van der Waals surface area contributed by atoms with E-state index in [1.807, 2.05) is 34.0 Å². The van der Waals surface area contributed by atoms with Gasteiger partial charge in [-0.3, -0.25) is 14.3 Å². The summed E-state index contributed by atoms with van der Waals surface area (Å²) >= 11 is 0. The summed E-state index contributed by atoms with van der Waals surface area (Å²) in [7, 11) is 0. The molecule has 2 aliphatic rings. The number of pyridine rings is 1. The summed E-state index contributed by atoms with van der Waals surface area (Å²) in [6, 6.07) is 6.20. The lowest BCUT2D eigenvalue weighted by Crippen LogP contribution is -2.39. The number of carbonyl (C=O) groups excluding carboxylic acids is 1. The predicted molar refractivity (Wildman–Crippen MR) is 100 cm³/mol. The van der Waals surface area contributed by atoms with Crippen molar-refractivity contribution < 1.29 is 4.79 Å². The predicted octanol–water partition coefficient (Wildman–Crippen LogP) is 2.59. The van der Waals surface area contributed by atoms with E-state index in [0.29, 0.717) is 6.54 Å². The van der Waals surface area contributed by atoms with Crippen LogP contribution in [0.15, 0.2) is 30.6 Å². The van der Waals surface area contributed by atoms with Gasteiger partial charge in [0.1, 0.15) is 11.6 Å². The highest BCUT2D eigenvalue weighted by Gasteiger charge is 2.32. The Morgan fingerprint density at radius 3 is 2.85 bits per heavy atom. The normalized spacial score (nSPS) is 20.8. The first kappa shape index (κ1) is 17.2. The van der Waals surface area contributed by atoms with E-state index in [1.165, 1.54) is 12.8 Å². The van der Waals surface area contributed by atoms with Gasteiger partial charge in [-0.15, -0.1) is 0 Å². The van der Waals surface area contributed by atoms with Gasteiger partial charge in [0.05, 0.1) is 18.3 Å². The first-order chi connectivity index (χ1) is 12.8. The number of carbonyl (C=O) groups is 1. The van der Waals surface area contributed by atoms with Crippen LogP contribution in [0.2, 0.25) is 0 Å². The third kappa shape index (κ3) is 3.38. The van der Waals surface area contributed by atoms with Crippen molar-refractivity contribution in [2.24, 2.45) is 0 Å². The number of aryl methyl sites for hydroxylation is 1. The zero-order valence-electron chi connectivity index (χ0n) is 15.5. The van der Waals surface area contributed by atoms with Gasteiger partial charge in [0.15, 0.2) is 0 Å². The molecule has 0 radical (unpaired) electrons. The first-order valence-electron chi connectivity index (χ1n) is 9.77. The Morgan fingerprint density at radius 2 is 2.04 bits per heavy atom. The van der Waals surface area contributed by atoms with Gasteiger partial charge < -0.3 is 4.90 Å². The van der Waals surface area contributed by atoms with Crippen molar-refractivity contribution >= 4 is 5.91 Å². The van der Waals surface area contributed by atoms with E-state index in [1.54, 1.807) is 0 Å². The molecule has 138 valence electrons. The van der Waals surface area contributed by atoms with E-state index < -0.39 is 0 Å². The molecule has 2 fully saturated rings. The molecule has 2 aliphatic heterocycles. The lowest BCUT2D eigenvalue weighted by molar-refractivity contribution is -0.133. The Balaban J connectivity index is 1.54. The van der Waals surface area contributed by atoms with E-state index in [0.717, 1.165) is 56.2 Å². The molecule has 6 nitrogen and oxygen atoms in total. The zero-order chi connectivity index (χ0) is 17.9. The van der Waals surface area contributed by atoms with Crippen molar-refractivity contribution in [2.75, 3.05) is 26.2 Å². The number of amides is 1. The van der Waals surface area contributed by atoms with Crippen molar-refractivity contribution in [3.63, 3.8) is 0 Å². The second-order valence-electron chi connectivity index (χ2n) is 7.22. The lowest BCUT2D eigenvalue weighted by Gasteiger charge is -2.27. The van der Waals surface area contributed by atoms with Crippen LogP contribution in [-0.2, 0) is 11.2 Å². The monoisotopic (exact) mass is 353 g/mol. The van der Waals surface area contributed by atoms with Gasteiger partial charge in [-0.1, -0.05) is 13.0 Å². The minimum absolute atomic E-state index is 0.0960. The van der Waals surface area contributed by atoms with Gasteiger partial charge in [-0.25, -0.2) is 9.97 Å². The Hall–Kier alpha value is -2.21. The smallest absolute Gasteiger partial charge is 0.237 e. The molecule has 0 aromatic carbocycles. The summed E-state index contributed by atoms with van der Waals surface area (Å²) in [5.41, 5.74) is 0.991. The zero-order valence-corrected chi connectivity index (χ0v) is 15.5. The van der Waals surface area contributed by atoms with E-state index in [9.17, 15) is 4.79 Å². The van der Waals surface area contributed by atoms with Gasteiger partial charge in [0.2, 0.25) is 5.91 Å². The standard InChI is InChI=1S/C20H27N5O/c1-2-18-21-10-14-25(18)19-9-5-7-16(22-19)17-8-6-13-24(17)20(26)15-23-11-3-4-12-23/h5,7,9-10,14,17H,2-4,6,8,11-13,15H2,1H3. The highest BCUT2D eigenvalue weighted by molar-refractivity contribution is 5.79. The van der Waals surface area contributed by atoms with Gasteiger partial charge in [0, 0.05) is 25.4 Å². The van der Waals surface area contributed by atoms with Crippen LogP contribution in [-0.4, -0.2) is 56.4 Å². The molecule has 2 aromatic heterocycles. The molecule has 1 atom stereocenters. The number of imidazole rings is 1. The topological polar surface area (TPSA) is 54.3 Å². The molecule has 6 heteroatoms. The fourth-order valence-corrected chi connectivity index (χ4v) is 4.16. The van der Waals surface area contributed by atoms with E-state index in [2.05, 4.69) is 22.9 Å². The third-order valence-corrected chi connectivity index (χ3v) is 5.51. The average molecular weight is 353 g/mol. The molecule has 26 heavy (non-hydrogen) atoms. The molecule has 1 amide bonds. The number of likely N-dealkylation sites (tertiary alicyclic amines) is 2. The molecule has 4 rings (SSSR count). The lowest BCUT2D eigenvalue weighted by atomic mass is 10.1. The van der Waals surface area contributed by atoms with Crippen molar-refractivity contribution in [1.82, 2.24) is 24.3 Å². The molecule has 0 N–H and O–H groups in total. The Kier molecular flexibility index (Phi) is 5.02. The minimum Gasteiger partial charge on any atom is -0.333 e. The minimum atomic E-state index is 0.0960. The molecule has 4 heterocycles. The van der Waals surface area contributed by atoms with Gasteiger partial charge in [-0.2, -0.15) is 0 Å². The van der Waals surface area contributed by atoms with E-state index >= 15 is 0 Å². The number of aromatic nitrogens is 3. The van der Waals surface area contributed by atoms with Crippen LogP contribution < -0.4 is 0 Å². The van der Waals surface area contributed by atoms with Crippen LogP contribution in [0.5, 0.6) is 0 Å². The molecule has 2 aromatic rings. The molecule has 2 saturated heterocycles. The molecule has 0 saturated carbocycles. The summed E-state index contributed by atoms with van der Waals surface area (Å²) in [5, 5.41) is 0. The van der Waals surface area contributed by atoms with Crippen LogP contribution in [0.3, 0.4) is 0 Å². The molecular weight excluding hydrogens is 326 g/mol. The highest BCUT2D eigenvalue weighted by atomic mass is 16.2. The molecule has 0 bridgehead atoms. The number of hydrogen-bond acceptors (Lipinski definition) is 4. The Morgan fingerprint density at radius 1 is 1.19 bits per heavy atom. The Bertz CT molecular complexity index is 765. The molecular formula is C20H27N5O. The van der Waals surface area contributed by atoms with Crippen LogP contribution >= 0.6 is 0 Å². The number of rotatable bonds is 5. The van der Waals surface area contributed by atoms with Crippen molar-refractivity contribution in [3.8, 4) is 5.82 Å². The van der Waals surface area contributed by atoms with Crippen molar-refractivity contribution in [1.29, 1.82) is 0 Å². The maximum Gasteiger partial charge on any atom is 0.237 e. The third-order valence-electron chi connectivity index (χ3n) is 5.51. The Labute approximate surface area is 154 Å². The summed E-state index contributed by atoms with van der Waals surface area (Å²) in [6.07, 6.45) is 9.10. The fourth-order valence-electron chi connectivity index (χ4n) is 4.16. The van der Waals surface area contributed by atoms with E-state index in [4.69, 9.17) is 4.98 Å². The largest absolute Gasteiger partial charge is 0.333 e. The average Bonchev–Trinajstić information content (AvgIpc) is 3.41. The van der Waals surface area contributed by atoms with Gasteiger partial charge >= 0.3 is 0 Å². The molecule has 1 unspecified atom stereocenters. The van der Waals surface area contributed by atoms with Gasteiger partial charge in [0.25, 0.3) is 0 Å². The summed E-state index contributed by atoms with van der Waals surface area (Å²) in [5.74, 6) is 2.14. The second-order valence-corrected chi connectivity index (χ2v) is 7.22. The fraction of sp³-hybridized carbons (Fsp3) is 0.550. The van der Waals surface area contributed by atoms with E-state index in [-0.39, 0.29) is 11.9 Å². The number of nitrogens with zero attached hydrogens (tertiary/aromatic N) is 5. The van der Waals surface area contributed by atoms with Crippen molar-refractivity contribution in [2.45, 2.75) is 45.1 Å². The van der Waals surface area contributed by atoms with Crippen LogP contribution in [0, 0.1) is 0 Å². The quantitative estimate of drug-likeness (QED) is 0.829. The summed E-state index contributed by atoms with van der Waals surface area (Å²) in [4.78, 5) is 26.4. The van der Waals surface area contributed by atoms with Crippen LogP contribution in [0.25, 0.3) is 5.82 Å². The summed E-state index contributed by atoms with van der Waals surface area (Å²) in [6.45, 7) is 5.60. The van der Waals surface area contributed by atoms with Gasteiger partial charge in [-0.05, 0) is 50.9 Å². The van der Waals surface area contributed by atoms with Crippen LogP contribution in [0.4, 0.5) is 0 Å². The number of hydrogen-bond donors (Lipinski definition) is 0. The first-order valence-corrected chi connectivity index (χ1v) is 9.77. The molecule has 0 spiro atoms.